The highest BCUT2D eigenvalue weighted by Crippen LogP contribution is 2.24. The number of hydrogen-bond acceptors (Lipinski definition) is 1. The standard InChI is InChI=1S/C11H12O/c1-12-11-7-6-9-4-2-3-5-10(9)8-11/h6-8H,3-5H2,1H3. The first kappa shape index (κ1) is 7.66. The third-order valence-electron chi connectivity index (χ3n) is 2.30. The molecule has 62 valence electrons. The van der Waals surface area contributed by atoms with Crippen molar-refractivity contribution in [2.45, 2.75) is 19.3 Å². The number of hydrogen-bond donors (Lipinski definition) is 0. The highest BCUT2D eigenvalue weighted by Gasteiger charge is 2.09. The number of fused-ring (bicyclic) bond motifs is 1. The maximum Gasteiger partial charge on any atom is 0.119 e. The molecule has 0 atom stereocenters. The molecule has 1 heteroatoms. The van der Waals surface area contributed by atoms with E-state index in [1.54, 1.807) is 7.11 Å². The molecule has 1 aromatic rings. The van der Waals surface area contributed by atoms with Crippen LogP contribution in [0.15, 0.2) is 18.2 Å². The Labute approximate surface area is 73.4 Å². The second-order valence-corrected chi connectivity index (χ2v) is 3.06. The van der Waals surface area contributed by atoms with Gasteiger partial charge in [0.25, 0.3) is 0 Å². The summed E-state index contributed by atoms with van der Waals surface area (Å²) in [6.45, 7) is 0. The molecule has 2 radical (unpaired) electrons. The lowest BCUT2D eigenvalue weighted by Crippen LogP contribution is -2.02. The van der Waals surface area contributed by atoms with Crippen LogP contribution in [0.25, 0.3) is 0 Å². The zero-order valence-corrected chi connectivity index (χ0v) is 7.26. The average molecular weight is 160 g/mol. The van der Waals surface area contributed by atoms with Crippen LogP contribution in [0.5, 0.6) is 5.75 Å². The fraction of sp³-hybridized carbons (Fsp3) is 0.364. The molecule has 0 N–H and O–H groups in total. The molecule has 0 saturated carbocycles. The minimum absolute atomic E-state index is 0.968. The van der Waals surface area contributed by atoms with Gasteiger partial charge in [-0.3, -0.25) is 0 Å². The van der Waals surface area contributed by atoms with Gasteiger partial charge in [-0.25, -0.2) is 0 Å². The summed E-state index contributed by atoms with van der Waals surface area (Å²) in [5, 5.41) is 0. The first-order chi connectivity index (χ1) is 5.90. The van der Waals surface area contributed by atoms with Crippen LogP contribution in [0.4, 0.5) is 0 Å². The number of ether oxygens (including phenoxy) is 1. The van der Waals surface area contributed by atoms with Gasteiger partial charge in [-0.1, -0.05) is 6.07 Å². The van der Waals surface area contributed by atoms with Crippen molar-refractivity contribution in [3.05, 3.63) is 35.7 Å². The summed E-state index contributed by atoms with van der Waals surface area (Å²) in [5.74, 6) is 0.968. The number of rotatable bonds is 1. The molecule has 0 aromatic heterocycles. The van der Waals surface area contributed by atoms with Crippen LogP contribution in [0.3, 0.4) is 0 Å². The van der Waals surface area contributed by atoms with Gasteiger partial charge in [-0.2, -0.15) is 0 Å². The van der Waals surface area contributed by atoms with E-state index >= 15 is 0 Å². The third kappa shape index (κ3) is 1.31. The van der Waals surface area contributed by atoms with Gasteiger partial charge in [-0.15, -0.1) is 0 Å². The summed E-state index contributed by atoms with van der Waals surface area (Å²) in [6.07, 6.45) is 6.54. The van der Waals surface area contributed by atoms with Crippen LogP contribution >= 0.6 is 0 Å². The Kier molecular flexibility index (Phi) is 2.03. The zero-order valence-electron chi connectivity index (χ0n) is 7.26. The highest BCUT2D eigenvalue weighted by molar-refractivity contribution is 5.38. The van der Waals surface area contributed by atoms with E-state index in [4.69, 9.17) is 4.74 Å². The quantitative estimate of drug-likeness (QED) is 0.612. The van der Waals surface area contributed by atoms with Crippen molar-refractivity contribution in [1.29, 1.82) is 0 Å². The topological polar surface area (TPSA) is 9.23 Å². The molecule has 0 heterocycles. The van der Waals surface area contributed by atoms with E-state index in [0.29, 0.717) is 0 Å². The molecule has 1 aliphatic rings. The van der Waals surface area contributed by atoms with Crippen molar-refractivity contribution in [1.82, 2.24) is 0 Å². The summed E-state index contributed by atoms with van der Waals surface area (Å²) in [5.41, 5.74) is 2.83. The largest absolute Gasteiger partial charge is 0.497 e. The molecule has 0 aliphatic heterocycles. The summed E-state index contributed by atoms with van der Waals surface area (Å²) in [4.78, 5) is 0. The molecule has 0 spiro atoms. The van der Waals surface area contributed by atoms with Crippen LogP contribution < -0.4 is 4.74 Å². The lowest BCUT2D eigenvalue weighted by Gasteiger charge is -2.15. The second kappa shape index (κ2) is 3.18. The van der Waals surface area contributed by atoms with Gasteiger partial charge >= 0.3 is 0 Å². The van der Waals surface area contributed by atoms with Gasteiger partial charge in [0, 0.05) is 0 Å². The Balaban J connectivity index is 2.36. The molecule has 0 amide bonds. The van der Waals surface area contributed by atoms with E-state index in [0.717, 1.165) is 25.0 Å². The third-order valence-corrected chi connectivity index (χ3v) is 2.30. The first-order valence-corrected chi connectivity index (χ1v) is 4.26. The maximum atomic E-state index is 5.16. The highest BCUT2D eigenvalue weighted by atomic mass is 16.5. The molecule has 0 saturated heterocycles. The van der Waals surface area contributed by atoms with Crippen molar-refractivity contribution in [3.63, 3.8) is 0 Å². The maximum absolute atomic E-state index is 5.16. The second-order valence-electron chi connectivity index (χ2n) is 3.06. The SMILES string of the molecule is COc1ccc2c(c1)CC[C]C2. The molecule has 1 nitrogen and oxygen atoms in total. The van der Waals surface area contributed by atoms with Crippen LogP contribution in [0.2, 0.25) is 0 Å². The van der Waals surface area contributed by atoms with E-state index in [-0.39, 0.29) is 0 Å². The van der Waals surface area contributed by atoms with Gasteiger partial charge in [0.15, 0.2) is 0 Å². The Hall–Kier alpha value is -0.980. The minimum Gasteiger partial charge on any atom is -0.497 e. The lowest BCUT2D eigenvalue weighted by molar-refractivity contribution is 0.414. The predicted octanol–water partition coefficient (Wildman–Crippen LogP) is 2.27. The number of aryl methyl sites for hydroxylation is 1. The van der Waals surface area contributed by atoms with E-state index in [1.165, 1.54) is 11.1 Å². The van der Waals surface area contributed by atoms with E-state index in [1.807, 2.05) is 6.07 Å². The van der Waals surface area contributed by atoms with Gasteiger partial charge in [-0.05, 0) is 48.9 Å². The van der Waals surface area contributed by atoms with Crippen molar-refractivity contribution in [2.75, 3.05) is 7.11 Å². The molecule has 12 heavy (non-hydrogen) atoms. The summed E-state index contributed by atoms with van der Waals surface area (Å²) < 4.78 is 5.16. The van der Waals surface area contributed by atoms with Gasteiger partial charge in [0.05, 0.1) is 7.11 Å². The molecule has 1 aliphatic carbocycles. The first-order valence-electron chi connectivity index (χ1n) is 4.26. The molecule has 0 fully saturated rings. The van der Waals surface area contributed by atoms with Gasteiger partial charge < -0.3 is 4.74 Å². The van der Waals surface area contributed by atoms with Crippen LogP contribution in [-0.4, -0.2) is 7.11 Å². The van der Waals surface area contributed by atoms with E-state index in [9.17, 15) is 0 Å². The monoisotopic (exact) mass is 160 g/mol. The van der Waals surface area contributed by atoms with E-state index < -0.39 is 0 Å². The van der Waals surface area contributed by atoms with Gasteiger partial charge in [0.1, 0.15) is 5.75 Å². The zero-order chi connectivity index (χ0) is 8.39. The normalized spacial score (nSPS) is 15.4. The number of methoxy groups -OCH3 is 1. The molecule has 1 aromatic carbocycles. The van der Waals surface area contributed by atoms with Crippen molar-refractivity contribution >= 4 is 0 Å². The fourth-order valence-electron chi connectivity index (χ4n) is 1.58. The smallest absolute Gasteiger partial charge is 0.119 e. The molecule has 0 bridgehead atoms. The fourth-order valence-corrected chi connectivity index (χ4v) is 1.58. The number of benzene rings is 1. The Morgan fingerprint density at radius 1 is 1.33 bits per heavy atom. The molecular weight excluding hydrogens is 148 g/mol. The van der Waals surface area contributed by atoms with Crippen LogP contribution in [0, 0.1) is 6.42 Å². The summed E-state index contributed by atoms with van der Waals surface area (Å²) >= 11 is 0. The van der Waals surface area contributed by atoms with Crippen LogP contribution in [-0.2, 0) is 12.8 Å². The Morgan fingerprint density at radius 3 is 3.08 bits per heavy atom. The van der Waals surface area contributed by atoms with E-state index in [2.05, 4.69) is 18.6 Å². The van der Waals surface area contributed by atoms with Crippen molar-refractivity contribution in [2.24, 2.45) is 0 Å². The molecule has 2 rings (SSSR count). The van der Waals surface area contributed by atoms with Gasteiger partial charge in [0.2, 0.25) is 0 Å². The Bertz CT molecular complexity index is 278. The predicted molar refractivity (Wildman–Crippen MR) is 48.3 cm³/mol. The molecular formula is C11H12O. The molecule has 0 unspecified atom stereocenters. The van der Waals surface area contributed by atoms with Crippen molar-refractivity contribution in [3.8, 4) is 5.75 Å². The average Bonchev–Trinajstić information content (AvgIpc) is 2.17. The lowest BCUT2D eigenvalue weighted by atomic mass is 9.92. The summed E-state index contributed by atoms with van der Waals surface area (Å²) in [6, 6.07) is 6.29. The Morgan fingerprint density at radius 2 is 2.25 bits per heavy atom. The van der Waals surface area contributed by atoms with Crippen LogP contribution in [0.1, 0.15) is 17.5 Å². The summed E-state index contributed by atoms with van der Waals surface area (Å²) in [7, 11) is 1.71. The minimum atomic E-state index is 0.968. The van der Waals surface area contributed by atoms with Crippen molar-refractivity contribution < 1.29 is 4.74 Å².